The van der Waals surface area contributed by atoms with Gasteiger partial charge in [-0.2, -0.15) is 5.10 Å². The molecule has 2 aromatic heterocycles. The molecule has 0 spiro atoms. The number of imidazole rings is 1. The Morgan fingerprint density at radius 2 is 2.12 bits per heavy atom. The van der Waals surface area contributed by atoms with Crippen LogP contribution in [-0.4, -0.2) is 25.7 Å². The highest BCUT2D eigenvalue weighted by atomic mass is 16.2. The zero-order valence-electron chi connectivity index (χ0n) is 14.1. The van der Waals surface area contributed by atoms with Crippen molar-refractivity contribution in [3.05, 3.63) is 47.5 Å². The maximum Gasteiger partial charge on any atom is 0.269 e. The standard InChI is InChI=1S/C17H22N6O/c1-10(2)23-15(6-7-20-23)17(24)19-9-16-21-13-5-4-12(11(3)18)8-14(13)22-16/h4-8,10-11H,9,18H2,1-3H3,(H,19,24)(H,21,22). The molecular formula is C17H22N6O. The SMILES string of the molecule is CC(N)c1ccc2nc(CNC(=O)c3ccnn3C(C)C)[nH]c2c1. The molecule has 0 bridgehead atoms. The Morgan fingerprint density at radius 1 is 1.33 bits per heavy atom. The van der Waals surface area contributed by atoms with E-state index in [2.05, 4.69) is 20.4 Å². The molecule has 3 rings (SSSR count). The highest BCUT2D eigenvalue weighted by Gasteiger charge is 2.14. The molecular weight excluding hydrogens is 304 g/mol. The Kier molecular flexibility index (Phi) is 4.35. The summed E-state index contributed by atoms with van der Waals surface area (Å²) >= 11 is 0. The van der Waals surface area contributed by atoms with Crippen LogP contribution in [0.15, 0.2) is 30.5 Å². The lowest BCUT2D eigenvalue weighted by molar-refractivity contribution is 0.0937. The van der Waals surface area contributed by atoms with Crippen LogP contribution < -0.4 is 11.1 Å². The Balaban J connectivity index is 1.73. The fourth-order valence-corrected chi connectivity index (χ4v) is 2.61. The van der Waals surface area contributed by atoms with Gasteiger partial charge in [-0.15, -0.1) is 0 Å². The second-order valence-corrected chi connectivity index (χ2v) is 6.19. The quantitative estimate of drug-likeness (QED) is 0.669. The molecule has 2 heterocycles. The van der Waals surface area contributed by atoms with Gasteiger partial charge in [-0.25, -0.2) is 4.98 Å². The molecule has 0 aliphatic heterocycles. The molecule has 126 valence electrons. The van der Waals surface area contributed by atoms with Crippen molar-refractivity contribution in [2.24, 2.45) is 5.73 Å². The lowest BCUT2D eigenvalue weighted by atomic mass is 10.1. The number of nitrogens with one attached hydrogen (secondary N) is 2. The van der Waals surface area contributed by atoms with Gasteiger partial charge in [0.25, 0.3) is 5.91 Å². The zero-order valence-corrected chi connectivity index (χ0v) is 14.1. The molecule has 0 aliphatic carbocycles. The van der Waals surface area contributed by atoms with Gasteiger partial charge in [0, 0.05) is 18.3 Å². The highest BCUT2D eigenvalue weighted by molar-refractivity contribution is 5.92. The van der Waals surface area contributed by atoms with Gasteiger partial charge >= 0.3 is 0 Å². The summed E-state index contributed by atoms with van der Waals surface area (Å²) < 4.78 is 1.70. The Morgan fingerprint density at radius 3 is 2.83 bits per heavy atom. The summed E-state index contributed by atoms with van der Waals surface area (Å²) in [6.07, 6.45) is 1.63. The first kappa shape index (κ1) is 16.2. The van der Waals surface area contributed by atoms with Crippen molar-refractivity contribution < 1.29 is 4.79 Å². The van der Waals surface area contributed by atoms with Crippen molar-refractivity contribution in [3.63, 3.8) is 0 Å². The molecule has 0 radical (unpaired) electrons. The van der Waals surface area contributed by atoms with E-state index in [-0.39, 0.29) is 18.0 Å². The van der Waals surface area contributed by atoms with Crippen LogP contribution in [0.4, 0.5) is 0 Å². The first-order chi connectivity index (χ1) is 11.5. The average Bonchev–Trinajstić information content (AvgIpc) is 3.18. The first-order valence-corrected chi connectivity index (χ1v) is 8.01. The van der Waals surface area contributed by atoms with Gasteiger partial charge in [0.2, 0.25) is 0 Å². The second kappa shape index (κ2) is 6.45. The van der Waals surface area contributed by atoms with Crippen molar-refractivity contribution in [2.45, 2.75) is 39.4 Å². The fraction of sp³-hybridized carbons (Fsp3) is 0.353. The summed E-state index contributed by atoms with van der Waals surface area (Å²) in [5.74, 6) is 0.536. The van der Waals surface area contributed by atoms with E-state index in [1.807, 2.05) is 39.0 Å². The smallest absolute Gasteiger partial charge is 0.269 e. The van der Waals surface area contributed by atoms with E-state index >= 15 is 0 Å². The number of rotatable bonds is 5. The predicted molar refractivity (Wildman–Crippen MR) is 92.5 cm³/mol. The van der Waals surface area contributed by atoms with E-state index in [0.717, 1.165) is 16.6 Å². The molecule has 1 atom stereocenters. The molecule has 1 aromatic carbocycles. The van der Waals surface area contributed by atoms with Crippen LogP contribution >= 0.6 is 0 Å². The number of benzene rings is 1. The number of hydrogen-bond donors (Lipinski definition) is 3. The molecule has 3 aromatic rings. The lowest BCUT2D eigenvalue weighted by Crippen LogP contribution is -2.26. The van der Waals surface area contributed by atoms with Crippen LogP contribution in [0, 0.1) is 0 Å². The minimum absolute atomic E-state index is 0.0304. The maximum atomic E-state index is 12.3. The van der Waals surface area contributed by atoms with E-state index in [4.69, 9.17) is 5.73 Å². The summed E-state index contributed by atoms with van der Waals surface area (Å²) in [6, 6.07) is 7.71. The third kappa shape index (κ3) is 3.16. The maximum absolute atomic E-state index is 12.3. The number of hydrogen-bond acceptors (Lipinski definition) is 4. The van der Waals surface area contributed by atoms with Crippen LogP contribution in [0.5, 0.6) is 0 Å². The van der Waals surface area contributed by atoms with Gasteiger partial charge in [-0.1, -0.05) is 6.07 Å². The number of nitrogens with two attached hydrogens (primary N) is 1. The third-order valence-corrected chi connectivity index (χ3v) is 3.89. The van der Waals surface area contributed by atoms with Crippen molar-refractivity contribution in [1.29, 1.82) is 0 Å². The molecule has 1 amide bonds. The van der Waals surface area contributed by atoms with E-state index in [9.17, 15) is 4.79 Å². The largest absolute Gasteiger partial charge is 0.343 e. The van der Waals surface area contributed by atoms with Crippen molar-refractivity contribution in [2.75, 3.05) is 0 Å². The molecule has 0 saturated heterocycles. The molecule has 1 unspecified atom stereocenters. The van der Waals surface area contributed by atoms with Crippen LogP contribution in [0.2, 0.25) is 0 Å². The van der Waals surface area contributed by atoms with Crippen LogP contribution in [0.3, 0.4) is 0 Å². The van der Waals surface area contributed by atoms with E-state index in [0.29, 0.717) is 18.1 Å². The van der Waals surface area contributed by atoms with Crippen molar-refractivity contribution in [1.82, 2.24) is 25.1 Å². The van der Waals surface area contributed by atoms with E-state index < -0.39 is 0 Å². The van der Waals surface area contributed by atoms with Gasteiger partial charge < -0.3 is 16.0 Å². The number of aromatic amines is 1. The first-order valence-electron chi connectivity index (χ1n) is 8.01. The van der Waals surface area contributed by atoms with Gasteiger partial charge in [0.1, 0.15) is 11.5 Å². The number of aromatic nitrogens is 4. The topological polar surface area (TPSA) is 102 Å². The predicted octanol–water partition coefficient (Wildman–Crippen LogP) is 2.29. The summed E-state index contributed by atoms with van der Waals surface area (Å²) in [5.41, 5.74) is 9.26. The van der Waals surface area contributed by atoms with Gasteiger partial charge in [-0.3, -0.25) is 9.48 Å². The summed E-state index contributed by atoms with van der Waals surface area (Å²) in [4.78, 5) is 20.0. The normalized spacial score (nSPS) is 12.7. The molecule has 24 heavy (non-hydrogen) atoms. The Labute approximate surface area is 140 Å². The van der Waals surface area contributed by atoms with E-state index in [1.54, 1.807) is 16.9 Å². The third-order valence-electron chi connectivity index (χ3n) is 3.89. The molecule has 4 N–H and O–H groups in total. The monoisotopic (exact) mass is 326 g/mol. The van der Waals surface area contributed by atoms with Crippen LogP contribution in [0.1, 0.15) is 54.7 Å². The minimum atomic E-state index is -0.169. The number of fused-ring (bicyclic) bond motifs is 1. The molecule has 7 heteroatoms. The summed E-state index contributed by atoms with van der Waals surface area (Å²) in [7, 11) is 0. The summed E-state index contributed by atoms with van der Waals surface area (Å²) in [5, 5.41) is 7.05. The zero-order chi connectivity index (χ0) is 17.3. The van der Waals surface area contributed by atoms with Gasteiger partial charge in [0.15, 0.2) is 0 Å². The van der Waals surface area contributed by atoms with Crippen LogP contribution in [0.25, 0.3) is 11.0 Å². The average molecular weight is 326 g/mol. The van der Waals surface area contributed by atoms with Crippen LogP contribution in [-0.2, 0) is 6.54 Å². The van der Waals surface area contributed by atoms with Crippen molar-refractivity contribution >= 4 is 16.9 Å². The second-order valence-electron chi connectivity index (χ2n) is 6.19. The molecule has 7 nitrogen and oxygen atoms in total. The lowest BCUT2D eigenvalue weighted by Gasteiger charge is -2.10. The Hall–Kier alpha value is -2.67. The molecule has 0 aliphatic rings. The fourth-order valence-electron chi connectivity index (χ4n) is 2.61. The number of H-pyrrole nitrogens is 1. The number of carbonyl (C=O) groups excluding carboxylic acids is 1. The van der Waals surface area contributed by atoms with E-state index in [1.165, 1.54) is 0 Å². The highest BCUT2D eigenvalue weighted by Crippen LogP contribution is 2.17. The van der Waals surface area contributed by atoms with Crippen molar-refractivity contribution in [3.8, 4) is 0 Å². The Bertz CT molecular complexity index is 861. The number of amides is 1. The minimum Gasteiger partial charge on any atom is -0.343 e. The number of nitrogens with zero attached hydrogens (tertiary/aromatic N) is 3. The van der Waals surface area contributed by atoms with Gasteiger partial charge in [-0.05, 0) is 44.5 Å². The van der Waals surface area contributed by atoms with Gasteiger partial charge in [0.05, 0.1) is 17.6 Å². The molecule has 0 saturated carbocycles. The number of carbonyl (C=O) groups is 1. The molecule has 0 fully saturated rings. The summed E-state index contributed by atoms with van der Waals surface area (Å²) in [6.45, 7) is 6.24.